The lowest BCUT2D eigenvalue weighted by atomic mass is 9.81. The largest absolute Gasteiger partial charge is 0.444 e. The van der Waals surface area contributed by atoms with Crippen molar-refractivity contribution in [2.24, 2.45) is 10.7 Å². The number of alkyl halides is 3. The predicted octanol–water partition coefficient (Wildman–Crippen LogP) is 2.92. The van der Waals surface area contributed by atoms with Crippen molar-refractivity contribution in [2.75, 3.05) is 7.05 Å². The molecule has 154 valence electrons. The van der Waals surface area contributed by atoms with E-state index in [-0.39, 0.29) is 22.8 Å². The highest BCUT2D eigenvalue weighted by Crippen LogP contribution is 2.43. The molecule has 7 nitrogen and oxygen atoms in total. The summed E-state index contributed by atoms with van der Waals surface area (Å²) < 4.78 is 59.9. The molecule has 30 heavy (non-hydrogen) atoms. The summed E-state index contributed by atoms with van der Waals surface area (Å²) in [7, 11) is 1.30. The van der Waals surface area contributed by atoms with Crippen molar-refractivity contribution in [2.45, 2.75) is 11.7 Å². The molecule has 0 spiro atoms. The number of benzene rings is 1. The number of carbonyl (C=O) groups is 1. The Balaban J connectivity index is 2.01. The number of amides is 1. The predicted molar refractivity (Wildman–Crippen MR) is 96.3 cm³/mol. The summed E-state index contributed by atoms with van der Waals surface area (Å²) in [5.74, 6) is -1.67. The summed E-state index contributed by atoms with van der Waals surface area (Å²) in [5.41, 5.74) is 2.22. The lowest BCUT2D eigenvalue weighted by Crippen LogP contribution is -2.41. The number of halogens is 4. The normalized spacial score (nSPS) is 19.3. The van der Waals surface area contributed by atoms with Gasteiger partial charge in [-0.25, -0.2) is 14.4 Å². The molecule has 1 aromatic carbocycles. The van der Waals surface area contributed by atoms with E-state index in [0.29, 0.717) is 11.6 Å². The van der Waals surface area contributed by atoms with E-state index in [1.54, 1.807) is 0 Å². The van der Waals surface area contributed by atoms with Crippen LogP contribution in [0, 0.1) is 5.82 Å². The zero-order chi connectivity index (χ0) is 21.7. The number of hydrogen-bond donors (Lipinski definition) is 1. The third kappa shape index (κ3) is 2.90. The van der Waals surface area contributed by atoms with E-state index in [1.165, 1.54) is 31.4 Å². The first-order valence-electron chi connectivity index (χ1n) is 8.50. The average Bonchev–Trinajstić information content (AvgIpc) is 3.32. The second kappa shape index (κ2) is 6.65. The van der Waals surface area contributed by atoms with Gasteiger partial charge in [-0.05, 0) is 35.9 Å². The second-order valence-electron chi connectivity index (χ2n) is 6.53. The first kappa shape index (κ1) is 19.6. The van der Waals surface area contributed by atoms with E-state index in [9.17, 15) is 22.4 Å². The lowest BCUT2D eigenvalue weighted by molar-refractivity contribution is -0.141. The topological polar surface area (TPSA) is 97.6 Å². The molecule has 0 bridgehead atoms. The summed E-state index contributed by atoms with van der Waals surface area (Å²) in [6.45, 7) is 0. The second-order valence-corrected chi connectivity index (χ2v) is 6.53. The highest BCUT2D eigenvalue weighted by atomic mass is 19.4. The molecule has 1 unspecified atom stereocenters. The van der Waals surface area contributed by atoms with Crippen molar-refractivity contribution in [3.63, 3.8) is 0 Å². The summed E-state index contributed by atoms with van der Waals surface area (Å²) >= 11 is 0. The number of likely N-dealkylation sites (N-methyl/N-ethyl adjacent to an activating group) is 1. The maximum Gasteiger partial charge on any atom is 0.433 e. The van der Waals surface area contributed by atoms with Gasteiger partial charge < -0.3 is 10.2 Å². The van der Waals surface area contributed by atoms with E-state index < -0.39 is 29.1 Å². The smallest absolute Gasteiger partial charge is 0.433 e. The van der Waals surface area contributed by atoms with Crippen LogP contribution in [0.25, 0.3) is 11.3 Å². The van der Waals surface area contributed by atoms with Crippen LogP contribution in [-0.2, 0) is 16.5 Å². The molecule has 2 N–H and O–H groups in total. The van der Waals surface area contributed by atoms with E-state index in [1.807, 2.05) is 0 Å². The number of nitrogens with two attached hydrogens (primary N) is 1. The Kier molecular flexibility index (Phi) is 4.33. The number of rotatable bonds is 3. The molecule has 1 atom stereocenters. The van der Waals surface area contributed by atoms with Gasteiger partial charge in [-0.15, -0.1) is 0 Å². The molecule has 3 heterocycles. The van der Waals surface area contributed by atoms with Crippen LogP contribution in [0.1, 0.15) is 16.8 Å². The molecule has 0 saturated heterocycles. The first-order chi connectivity index (χ1) is 14.1. The van der Waals surface area contributed by atoms with Crippen LogP contribution >= 0.6 is 0 Å². The maximum atomic E-state index is 15.0. The number of aromatic nitrogens is 2. The Morgan fingerprint density at radius 3 is 2.57 bits per heavy atom. The fraction of sp³-hybridized carbons (Fsp3) is 0.158. The standard InChI is InChI=1S/C19H13F4N5O2/c1-28-16(29)18(27-17(28)24,11-4-5-26-15(7-11)19(21,22)23)12-6-10(2-3-13(12)20)14-8-25-9-30-14/h2-9H,1H3,(H2,24,27). The fourth-order valence-electron chi connectivity index (χ4n) is 3.29. The third-order valence-corrected chi connectivity index (χ3v) is 4.78. The molecule has 2 aromatic heterocycles. The van der Waals surface area contributed by atoms with Crippen molar-refractivity contribution in [1.82, 2.24) is 14.9 Å². The molecule has 1 aliphatic heterocycles. The van der Waals surface area contributed by atoms with Gasteiger partial charge in [0.2, 0.25) is 0 Å². The van der Waals surface area contributed by atoms with Gasteiger partial charge >= 0.3 is 6.18 Å². The Hall–Kier alpha value is -3.76. The van der Waals surface area contributed by atoms with Gasteiger partial charge in [0.1, 0.15) is 11.5 Å². The molecule has 1 amide bonds. The van der Waals surface area contributed by atoms with Crippen molar-refractivity contribution < 1.29 is 26.8 Å². The minimum atomic E-state index is -4.78. The van der Waals surface area contributed by atoms with Gasteiger partial charge in [0.25, 0.3) is 5.91 Å². The number of oxazole rings is 1. The first-order valence-corrected chi connectivity index (χ1v) is 8.50. The van der Waals surface area contributed by atoms with Crippen molar-refractivity contribution >= 4 is 11.9 Å². The Morgan fingerprint density at radius 1 is 1.20 bits per heavy atom. The third-order valence-electron chi connectivity index (χ3n) is 4.78. The molecule has 0 fully saturated rings. The van der Waals surface area contributed by atoms with E-state index in [2.05, 4.69) is 15.0 Å². The van der Waals surface area contributed by atoms with Crippen LogP contribution in [0.15, 0.2) is 58.5 Å². The van der Waals surface area contributed by atoms with Gasteiger partial charge in [0, 0.05) is 24.4 Å². The number of aliphatic imine (C=N–C) groups is 1. The van der Waals surface area contributed by atoms with Gasteiger partial charge in [0.05, 0.1) is 6.20 Å². The molecule has 0 radical (unpaired) electrons. The quantitative estimate of drug-likeness (QED) is 0.659. The molecule has 0 saturated carbocycles. The van der Waals surface area contributed by atoms with Gasteiger partial charge in [0.15, 0.2) is 23.7 Å². The molecule has 1 aliphatic rings. The molecule has 3 aromatic rings. The van der Waals surface area contributed by atoms with Crippen LogP contribution in [0.3, 0.4) is 0 Å². The fourth-order valence-corrected chi connectivity index (χ4v) is 3.29. The van der Waals surface area contributed by atoms with Gasteiger partial charge in [-0.2, -0.15) is 13.2 Å². The summed E-state index contributed by atoms with van der Waals surface area (Å²) in [6.07, 6.45) is -1.36. The zero-order valence-corrected chi connectivity index (χ0v) is 15.3. The lowest BCUT2D eigenvalue weighted by Gasteiger charge is -2.27. The van der Waals surface area contributed by atoms with E-state index in [4.69, 9.17) is 10.2 Å². The molecular formula is C19H13F4N5O2. The van der Waals surface area contributed by atoms with Crippen molar-refractivity contribution in [3.8, 4) is 11.3 Å². The number of nitrogens with zero attached hydrogens (tertiary/aromatic N) is 4. The van der Waals surface area contributed by atoms with E-state index >= 15 is 0 Å². The van der Waals surface area contributed by atoms with Gasteiger partial charge in [-0.1, -0.05) is 0 Å². The van der Waals surface area contributed by atoms with Crippen LogP contribution < -0.4 is 5.73 Å². The monoisotopic (exact) mass is 419 g/mol. The van der Waals surface area contributed by atoms with Crippen molar-refractivity contribution in [3.05, 3.63) is 71.8 Å². The minimum Gasteiger partial charge on any atom is -0.444 e. The summed E-state index contributed by atoms with van der Waals surface area (Å²) in [5, 5.41) is 0. The number of hydrogen-bond acceptors (Lipinski definition) is 6. The minimum absolute atomic E-state index is 0.226. The summed E-state index contributed by atoms with van der Waals surface area (Å²) in [6, 6.07) is 5.56. The van der Waals surface area contributed by atoms with Crippen molar-refractivity contribution in [1.29, 1.82) is 0 Å². The number of carbonyl (C=O) groups excluding carboxylic acids is 1. The number of guanidine groups is 1. The van der Waals surface area contributed by atoms with Crippen LogP contribution in [0.4, 0.5) is 17.6 Å². The van der Waals surface area contributed by atoms with E-state index in [0.717, 1.165) is 23.6 Å². The number of pyridine rings is 1. The molecule has 11 heteroatoms. The molecule has 0 aliphatic carbocycles. The van der Waals surface area contributed by atoms with Crippen LogP contribution in [0.5, 0.6) is 0 Å². The van der Waals surface area contributed by atoms with Gasteiger partial charge in [-0.3, -0.25) is 14.7 Å². The average molecular weight is 419 g/mol. The molecular weight excluding hydrogens is 406 g/mol. The zero-order valence-electron chi connectivity index (χ0n) is 15.3. The summed E-state index contributed by atoms with van der Waals surface area (Å²) in [4.78, 5) is 25.3. The highest BCUT2D eigenvalue weighted by Gasteiger charge is 2.52. The Bertz CT molecular complexity index is 1160. The Morgan fingerprint density at radius 2 is 1.97 bits per heavy atom. The highest BCUT2D eigenvalue weighted by molar-refractivity contribution is 6.09. The molecule has 4 rings (SSSR count). The van der Waals surface area contributed by atoms with Crippen LogP contribution in [-0.4, -0.2) is 33.8 Å². The SMILES string of the molecule is CN1C(=O)C(c2ccnc(C(F)(F)F)c2)(c2cc(-c3cnco3)ccc2F)N=C1N. The maximum absolute atomic E-state index is 15.0. The Labute approximate surface area is 166 Å². The van der Waals surface area contributed by atoms with Crippen LogP contribution in [0.2, 0.25) is 0 Å².